The van der Waals surface area contributed by atoms with E-state index in [1.807, 2.05) is 25.1 Å². The molecule has 0 heterocycles. The van der Waals surface area contributed by atoms with E-state index in [0.717, 1.165) is 15.5 Å². The lowest BCUT2D eigenvalue weighted by molar-refractivity contribution is 0.603. The summed E-state index contributed by atoms with van der Waals surface area (Å²) in [4.78, 5) is 1.84. The van der Waals surface area contributed by atoms with Gasteiger partial charge >= 0.3 is 0 Å². The number of benzene rings is 1. The molecule has 0 amide bonds. The van der Waals surface area contributed by atoms with Gasteiger partial charge in [0, 0.05) is 27.4 Å². The van der Waals surface area contributed by atoms with Crippen molar-refractivity contribution in [2.24, 2.45) is 5.73 Å². The summed E-state index contributed by atoms with van der Waals surface area (Å²) in [7, 11) is -2.96. The Bertz CT molecular complexity index is 556. The Morgan fingerprint density at radius 2 is 1.89 bits per heavy atom. The Hall–Kier alpha value is -0.660. The molecule has 0 bridgehead atoms. The molecule has 0 unspecified atom stereocenters. The van der Waals surface area contributed by atoms with Gasteiger partial charge in [0.25, 0.3) is 0 Å². The first-order chi connectivity index (χ1) is 8.85. The molecular weight excluding hydrogens is 300 g/mol. The van der Waals surface area contributed by atoms with E-state index in [1.54, 1.807) is 11.8 Å². The van der Waals surface area contributed by atoms with Crippen LogP contribution in [0.4, 0.5) is 0 Å². The minimum atomic E-state index is -2.96. The Balaban J connectivity index is 2.93. The molecule has 19 heavy (non-hydrogen) atoms. The van der Waals surface area contributed by atoms with E-state index in [-0.39, 0.29) is 11.6 Å². The smallest absolute Gasteiger partial charge is 0.148 e. The largest absolute Gasteiger partial charge is 0.384 e. The van der Waals surface area contributed by atoms with Crippen LogP contribution in [-0.4, -0.2) is 37.8 Å². The van der Waals surface area contributed by atoms with Gasteiger partial charge in [-0.05, 0) is 17.9 Å². The van der Waals surface area contributed by atoms with Crippen molar-refractivity contribution in [3.8, 4) is 0 Å². The third-order valence-electron chi connectivity index (χ3n) is 2.27. The lowest BCUT2D eigenvalue weighted by Gasteiger charge is -2.12. The highest BCUT2D eigenvalue weighted by Gasteiger charge is 2.12. The summed E-state index contributed by atoms with van der Waals surface area (Å²) >= 11 is 3.06. The number of rotatable bonds is 7. The second kappa shape index (κ2) is 7.21. The summed E-state index contributed by atoms with van der Waals surface area (Å²) in [5.74, 6) is 1.52. The standard InChI is InChI=1S/C12H18N2O2S3/c1-3-17-9-5-4-6-10(11(9)12(13)14)18-7-8-19(2,15)16/h4-6H,3,7-8H2,1-2H3,(H3,13,14). The Labute approximate surface area is 123 Å². The van der Waals surface area contributed by atoms with Crippen molar-refractivity contribution in [3.63, 3.8) is 0 Å². The first kappa shape index (κ1) is 16.4. The van der Waals surface area contributed by atoms with E-state index in [4.69, 9.17) is 11.1 Å². The number of hydrogen-bond donors (Lipinski definition) is 2. The number of nitrogens with two attached hydrogens (primary N) is 1. The molecule has 1 rings (SSSR count). The summed E-state index contributed by atoms with van der Waals surface area (Å²) in [5, 5.41) is 7.69. The van der Waals surface area contributed by atoms with Crippen LogP contribution in [0.15, 0.2) is 28.0 Å². The van der Waals surface area contributed by atoms with E-state index < -0.39 is 9.84 Å². The third-order valence-corrected chi connectivity index (χ3v) is 5.47. The predicted octanol–water partition coefficient (Wildman–Crippen LogP) is 2.22. The Morgan fingerprint density at radius 3 is 2.37 bits per heavy atom. The number of hydrogen-bond acceptors (Lipinski definition) is 5. The number of nitrogen functional groups attached to an aromatic ring is 1. The highest BCUT2D eigenvalue weighted by atomic mass is 32.2. The molecule has 1 aromatic carbocycles. The number of thioether (sulfide) groups is 2. The van der Waals surface area contributed by atoms with Crippen LogP contribution in [0.3, 0.4) is 0 Å². The molecule has 0 aromatic heterocycles. The van der Waals surface area contributed by atoms with Gasteiger partial charge in [0.05, 0.1) is 5.75 Å². The van der Waals surface area contributed by atoms with Crippen LogP contribution >= 0.6 is 23.5 Å². The van der Waals surface area contributed by atoms with Crippen LogP contribution in [0.25, 0.3) is 0 Å². The van der Waals surface area contributed by atoms with Crippen LogP contribution < -0.4 is 5.73 Å². The van der Waals surface area contributed by atoms with Gasteiger partial charge in [-0.3, -0.25) is 5.41 Å². The van der Waals surface area contributed by atoms with E-state index in [2.05, 4.69) is 0 Å². The number of amidine groups is 1. The fourth-order valence-corrected chi connectivity index (χ4v) is 4.69. The number of sulfone groups is 1. The molecule has 4 nitrogen and oxygen atoms in total. The van der Waals surface area contributed by atoms with Crippen molar-refractivity contribution in [1.29, 1.82) is 5.41 Å². The van der Waals surface area contributed by atoms with Gasteiger partial charge in [-0.25, -0.2) is 8.42 Å². The zero-order valence-electron chi connectivity index (χ0n) is 11.0. The van der Waals surface area contributed by atoms with E-state index in [1.165, 1.54) is 18.0 Å². The van der Waals surface area contributed by atoms with Crippen molar-refractivity contribution in [2.45, 2.75) is 16.7 Å². The molecule has 0 fully saturated rings. The lowest BCUT2D eigenvalue weighted by Crippen LogP contribution is -2.14. The van der Waals surface area contributed by atoms with E-state index in [0.29, 0.717) is 11.3 Å². The second-order valence-electron chi connectivity index (χ2n) is 3.95. The quantitative estimate of drug-likeness (QED) is 0.457. The molecule has 0 spiro atoms. The fraction of sp³-hybridized carbons (Fsp3) is 0.417. The normalized spacial score (nSPS) is 11.5. The van der Waals surface area contributed by atoms with Crippen LogP contribution in [0, 0.1) is 5.41 Å². The van der Waals surface area contributed by atoms with Gasteiger partial charge in [-0.15, -0.1) is 23.5 Å². The lowest BCUT2D eigenvalue weighted by atomic mass is 10.2. The summed E-state index contributed by atoms with van der Waals surface area (Å²) in [6.45, 7) is 2.04. The fourth-order valence-electron chi connectivity index (χ4n) is 1.48. The van der Waals surface area contributed by atoms with E-state index >= 15 is 0 Å². The minimum Gasteiger partial charge on any atom is -0.384 e. The van der Waals surface area contributed by atoms with Crippen molar-refractivity contribution in [3.05, 3.63) is 23.8 Å². The zero-order valence-corrected chi connectivity index (χ0v) is 13.4. The summed E-state index contributed by atoms with van der Waals surface area (Å²) < 4.78 is 22.3. The first-order valence-electron chi connectivity index (χ1n) is 5.76. The topological polar surface area (TPSA) is 84.0 Å². The summed E-state index contributed by atoms with van der Waals surface area (Å²) in [5.41, 5.74) is 6.36. The van der Waals surface area contributed by atoms with Gasteiger partial charge in [0.2, 0.25) is 0 Å². The monoisotopic (exact) mass is 318 g/mol. The van der Waals surface area contributed by atoms with Crippen LogP contribution in [0.1, 0.15) is 12.5 Å². The molecule has 106 valence electrons. The maximum absolute atomic E-state index is 11.1. The highest BCUT2D eigenvalue weighted by Crippen LogP contribution is 2.31. The Morgan fingerprint density at radius 1 is 1.32 bits per heavy atom. The second-order valence-corrected chi connectivity index (χ2v) is 8.66. The SMILES string of the molecule is CCSc1cccc(SCCS(C)(=O)=O)c1C(=N)N. The highest BCUT2D eigenvalue weighted by molar-refractivity contribution is 8.01. The van der Waals surface area contributed by atoms with Gasteiger partial charge in [-0.2, -0.15) is 0 Å². The van der Waals surface area contributed by atoms with Gasteiger partial charge in [-0.1, -0.05) is 13.0 Å². The van der Waals surface area contributed by atoms with Crippen molar-refractivity contribution in [2.75, 3.05) is 23.5 Å². The molecule has 3 N–H and O–H groups in total. The predicted molar refractivity (Wildman–Crippen MR) is 84.3 cm³/mol. The summed E-state index contributed by atoms with van der Waals surface area (Å²) in [6, 6.07) is 5.72. The van der Waals surface area contributed by atoms with Crippen LogP contribution in [-0.2, 0) is 9.84 Å². The number of nitrogens with one attached hydrogen (secondary N) is 1. The summed E-state index contributed by atoms with van der Waals surface area (Å²) in [6.07, 6.45) is 1.23. The molecule has 0 aliphatic carbocycles. The first-order valence-corrected chi connectivity index (χ1v) is 9.79. The molecule has 0 aliphatic rings. The molecular formula is C12H18N2O2S3. The maximum atomic E-state index is 11.1. The maximum Gasteiger partial charge on any atom is 0.148 e. The molecule has 0 saturated carbocycles. The van der Waals surface area contributed by atoms with Crippen molar-refractivity contribution >= 4 is 39.2 Å². The average Bonchev–Trinajstić information content (AvgIpc) is 2.27. The van der Waals surface area contributed by atoms with Gasteiger partial charge in [0.1, 0.15) is 15.7 Å². The molecule has 7 heteroatoms. The average molecular weight is 318 g/mol. The minimum absolute atomic E-state index is 0.0263. The van der Waals surface area contributed by atoms with Gasteiger partial charge in [0.15, 0.2) is 0 Å². The van der Waals surface area contributed by atoms with Gasteiger partial charge < -0.3 is 5.73 Å². The molecule has 0 saturated heterocycles. The van der Waals surface area contributed by atoms with Crippen LogP contribution in [0.5, 0.6) is 0 Å². The van der Waals surface area contributed by atoms with Crippen molar-refractivity contribution in [1.82, 2.24) is 0 Å². The molecule has 0 radical (unpaired) electrons. The zero-order chi connectivity index (χ0) is 14.5. The van der Waals surface area contributed by atoms with Crippen LogP contribution in [0.2, 0.25) is 0 Å². The molecule has 0 aliphatic heterocycles. The molecule has 1 aromatic rings. The Kier molecular flexibility index (Phi) is 6.22. The molecule has 0 atom stereocenters. The third kappa shape index (κ3) is 5.46. The van der Waals surface area contributed by atoms with E-state index in [9.17, 15) is 8.42 Å². The van der Waals surface area contributed by atoms with Crippen molar-refractivity contribution < 1.29 is 8.42 Å².